The molecule has 0 saturated heterocycles. The van der Waals surface area contributed by atoms with Crippen molar-refractivity contribution in [3.8, 4) is 0 Å². The van der Waals surface area contributed by atoms with Gasteiger partial charge in [-0.15, -0.1) is 11.3 Å². The molecule has 150 valence electrons. The molecule has 0 saturated carbocycles. The van der Waals surface area contributed by atoms with Gasteiger partial charge in [0.2, 0.25) is 0 Å². The highest BCUT2D eigenvalue weighted by atomic mass is 32.2. The molecule has 2 heterocycles. The molecule has 0 bridgehead atoms. The third-order valence-corrected chi connectivity index (χ3v) is 7.23. The van der Waals surface area contributed by atoms with Gasteiger partial charge in [0.15, 0.2) is 12.4 Å². The molecule has 29 heavy (non-hydrogen) atoms. The molecule has 0 radical (unpaired) electrons. The molecule has 0 atom stereocenters. The van der Waals surface area contributed by atoms with Crippen molar-refractivity contribution in [2.75, 3.05) is 6.61 Å². The van der Waals surface area contributed by atoms with Gasteiger partial charge in [0.1, 0.15) is 16.2 Å². The largest absolute Gasteiger partial charge is 0.454 e. The van der Waals surface area contributed by atoms with Crippen molar-refractivity contribution in [3.63, 3.8) is 0 Å². The van der Waals surface area contributed by atoms with Crippen LogP contribution in [0.5, 0.6) is 0 Å². The number of ether oxygens (including phenoxy) is 1. The van der Waals surface area contributed by atoms with Crippen LogP contribution < -0.4 is 0 Å². The van der Waals surface area contributed by atoms with Crippen LogP contribution in [0, 0.1) is 5.41 Å². The lowest BCUT2D eigenvalue weighted by Gasteiger charge is -2.16. The van der Waals surface area contributed by atoms with E-state index in [4.69, 9.17) is 4.74 Å². The number of aromatic nitrogens is 2. The van der Waals surface area contributed by atoms with Gasteiger partial charge in [-0.2, -0.15) is 0 Å². The Morgan fingerprint density at radius 2 is 1.97 bits per heavy atom. The molecule has 7 heteroatoms. The molecular weight excluding hydrogens is 404 g/mol. The number of hydrogen-bond acceptors (Lipinski definition) is 7. The molecule has 2 aromatic heterocycles. The Labute approximate surface area is 177 Å². The molecule has 0 fully saturated rings. The van der Waals surface area contributed by atoms with Crippen molar-refractivity contribution in [2.45, 2.75) is 50.0 Å². The van der Waals surface area contributed by atoms with Gasteiger partial charge in [0, 0.05) is 20.6 Å². The number of carbonyl (C=O) groups is 2. The first-order valence-electron chi connectivity index (χ1n) is 9.57. The zero-order valence-corrected chi connectivity index (χ0v) is 18.3. The van der Waals surface area contributed by atoms with E-state index in [1.807, 2.05) is 32.9 Å². The van der Waals surface area contributed by atoms with E-state index in [9.17, 15) is 9.59 Å². The van der Waals surface area contributed by atoms with Crippen LogP contribution in [-0.2, 0) is 22.4 Å². The molecular formula is C22H22N2O3S2. The standard InChI is InChI=1S/C22H22N2O3S2/c1-22(2,3)17(25)11-27-21(26)14-7-4-5-9-16(14)29-20-18-13-8-6-10-15(13)28-19(18)23-12-24-20/h4-5,7,9,12H,6,8,10-11H2,1-3H3. The van der Waals surface area contributed by atoms with E-state index >= 15 is 0 Å². The lowest BCUT2D eigenvalue weighted by molar-refractivity contribution is -0.129. The minimum Gasteiger partial charge on any atom is -0.454 e. The summed E-state index contributed by atoms with van der Waals surface area (Å²) < 4.78 is 5.31. The van der Waals surface area contributed by atoms with Gasteiger partial charge in [-0.05, 0) is 37.0 Å². The maximum Gasteiger partial charge on any atom is 0.339 e. The summed E-state index contributed by atoms with van der Waals surface area (Å²) in [4.78, 5) is 36.9. The molecule has 4 rings (SSSR count). The quantitative estimate of drug-likeness (QED) is 0.417. The monoisotopic (exact) mass is 426 g/mol. The van der Waals surface area contributed by atoms with E-state index in [0.717, 1.165) is 33.0 Å². The summed E-state index contributed by atoms with van der Waals surface area (Å²) in [6.07, 6.45) is 4.90. The number of benzene rings is 1. The highest BCUT2D eigenvalue weighted by Crippen LogP contribution is 2.42. The minimum atomic E-state index is -0.541. The average molecular weight is 427 g/mol. The predicted molar refractivity (Wildman–Crippen MR) is 115 cm³/mol. The summed E-state index contributed by atoms with van der Waals surface area (Å²) in [6.45, 7) is 5.21. The first kappa shape index (κ1) is 20.0. The summed E-state index contributed by atoms with van der Waals surface area (Å²) >= 11 is 3.19. The van der Waals surface area contributed by atoms with E-state index in [1.54, 1.807) is 29.8 Å². The van der Waals surface area contributed by atoms with E-state index in [2.05, 4.69) is 9.97 Å². The molecule has 0 aliphatic heterocycles. The van der Waals surface area contributed by atoms with Crippen LogP contribution >= 0.6 is 23.1 Å². The summed E-state index contributed by atoms with van der Waals surface area (Å²) in [5.41, 5.74) is 1.25. The SMILES string of the molecule is CC(C)(C)C(=O)COC(=O)c1ccccc1Sc1ncnc2sc3c(c12)CCC3. The number of fused-ring (bicyclic) bond motifs is 3. The normalized spacial score (nSPS) is 13.5. The van der Waals surface area contributed by atoms with E-state index in [-0.39, 0.29) is 12.4 Å². The zero-order chi connectivity index (χ0) is 20.6. The number of Topliss-reactive ketones (excluding diaryl/α,β-unsaturated/α-hetero) is 1. The topological polar surface area (TPSA) is 69.2 Å². The number of hydrogen-bond donors (Lipinski definition) is 0. The Kier molecular flexibility index (Phi) is 5.44. The van der Waals surface area contributed by atoms with E-state index < -0.39 is 11.4 Å². The maximum absolute atomic E-state index is 12.7. The first-order chi connectivity index (χ1) is 13.8. The van der Waals surface area contributed by atoms with Gasteiger partial charge in [-0.1, -0.05) is 44.7 Å². The van der Waals surface area contributed by atoms with E-state index in [1.165, 1.54) is 28.6 Å². The lowest BCUT2D eigenvalue weighted by atomic mass is 9.91. The van der Waals surface area contributed by atoms with Crippen molar-refractivity contribution in [3.05, 3.63) is 46.6 Å². The first-order valence-corrected chi connectivity index (χ1v) is 11.2. The van der Waals surface area contributed by atoms with Crippen LogP contribution in [0.25, 0.3) is 10.2 Å². The van der Waals surface area contributed by atoms with Gasteiger partial charge >= 0.3 is 5.97 Å². The number of thiophene rings is 1. The molecule has 3 aromatic rings. The van der Waals surface area contributed by atoms with Crippen molar-refractivity contribution >= 4 is 45.1 Å². The number of carbonyl (C=O) groups excluding carboxylic acids is 2. The highest BCUT2D eigenvalue weighted by molar-refractivity contribution is 7.99. The summed E-state index contributed by atoms with van der Waals surface area (Å²) in [5.74, 6) is -0.603. The molecule has 1 aliphatic carbocycles. The van der Waals surface area contributed by atoms with Gasteiger partial charge < -0.3 is 4.74 Å². The Morgan fingerprint density at radius 1 is 1.17 bits per heavy atom. The average Bonchev–Trinajstić information content (AvgIpc) is 3.26. The second-order valence-electron chi connectivity index (χ2n) is 8.06. The Hall–Kier alpha value is -2.25. The minimum absolute atomic E-state index is 0.109. The fourth-order valence-electron chi connectivity index (χ4n) is 3.23. The number of rotatable bonds is 5. The number of ketones is 1. The Morgan fingerprint density at radius 3 is 2.76 bits per heavy atom. The van der Waals surface area contributed by atoms with Gasteiger partial charge in [0.05, 0.1) is 5.56 Å². The smallest absolute Gasteiger partial charge is 0.339 e. The van der Waals surface area contributed by atoms with Crippen LogP contribution in [0.1, 0.15) is 48.0 Å². The van der Waals surface area contributed by atoms with Crippen molar-refractivity contribution in [1.82, 2.24) is 9.97 Å². The van der Waals surface area contributed by atoms with Crippen LogP contribution in [0.4, 0.5) is 0 Å². The van der Waals surface area contributed by atoms with Crippen LogP contribution in [-0.4, -0.2) is 28.3 Å². The summed E-state index contributed by atoms with van der Waals surface area (Å²) in [7, 11) is 0. The summed E-state index contributed by atoms with van der Waals surface area (Å²) in [5, 5.41) is 1.97. The van der Waals surface area contributed by atoms with Crippen molar-refractivity contribution < 1.29 is 14.3 Å². The number of aryl methyl sites for hydroxylation is 2. The predicted octanol–water partition coefficient (Wildman–Crippen LogP) is 5.10. The second-order valence-corrected chi connectivity index (χ2v) is 10.2. The van der Waals surface area contributed by atoms with Gasteiger partial charge in [-0.25, -0.2) is 14.8 Å². The Bertz CT molecular complexity index is 1100. The third-order valence-electron chi connectivity index (χ3n) is 4.95. The van der Waals surface area contributed by atoms with Crippen LogP contribution in [0.15, 0.2) is 40.5 Å². The lowest BCUT2D eigenvalue weighted by Crippen LogP contribution is -2.26. The number of nitrogens with zero attached hydrogens (tertiary/aromatic N) is 2. The van der Waals surface area contributed by atoms with Crippen molar-refractivity contribution in [2.24, 2.45) is 5.41 Å². The van der Waals surface area contributed by atoms with Gasteiger partial charge in [-0.3, -0.25) is 4.79 Å². The maximum atomic E-state index is 12.7. The summed E-state index contributed by atoms with van der Waals surface area (Å²) in [6, 6.07) is 7.29. The molecule has 0 N–H and O–H groups in total. The second kappa shape index (κ2) is 7.88. The molecule has 0 unspecified atom stereocenters. The molecule has 1 aliphatic rings. The Balaban J connectivity index is 1.61. The van der Waals surface area contributed by atoms with Gasteiger partial charge in [0.25, 0.3) is 0 Å². The van der Waals surface area contributed by atoms with Crippen molar-refractivity contribution in [1.29, 1.82) is 0 Å². The van der Waals surface area contributed by atoms with E-state index in [0.29, 0.717) is 5.56 Å². The number of esters is 1. The zero-order valence-electron chi connectivity index (χ0n) is 16.7. The molecule has 1 aromatic carbocycles. The molecule has 5 nitrogen and oxygen atoms in total. The molecule has 0 amide bonds. The molecule has 0 spiro atoms. The highest BCUT2D eigenvalue weighted by Gasteiger charge is 2.25. The third kappa shape index (κ3) is 4.07. The fraction of sp³-hybridized carbons (Fsp3) is 0.364. The van der Waals surface area contributed by atoms with Crippen LogP contribution in [0.3, 0.4) is 0 Å². The fourth-order valence-corrected chi connectivity index (χ4v) is 5.56. The van der Waals surface area contributed by atoms with Crippen LogP contribution in [0.2, 0.25) is 0 Å².